The van der Waals surface area contributed by atoms with E-state index in [1.54, 1.807) is 0 Å². The SMILES string of the molecule is CNc1cc(CN2CCn3ccnc3C2)ccn1. The van der Waals surface area contributed by atoms with Crippen molar-refractivity contribution in [1.82, 2.24) is 19.4 Å². The molecule has 0 aromatic carbocycles. The molecule has 3 rings (SSSR count). The van der Waals surface area contributed by atoms with Crippen LogP contribution in [0.25, 0.3) is 0 Å². The van der Waals surface area contributed by atoms with Gasteiger partial charge in [-0.1, -0.05) is 0 Å². The summed E-state index contributed by atoms with van der Waals surface area (Å²) in [5, 5.41) is 3.07. The molecule has 0 fully saturated rings. The molecule has 0 atom stereocenters. The summed E-state index contributed by atoms with van der Waals surface area (Å²) in [7, 11) is 1.89. The Bertz CT molecular complexity index is 534. The summed E-state index contributed by atoms with van der Waals surface area (Å²) in [5.74, 6) is 2.08. The van der Waals surface area contributed by atoms with E-state index in [-0.39, 0.29) is 0 Å². The first-order valence-electron chi connectivity index (χ1n) is 6.20. The quantitative estimate of drug-likeness (QED) is 0.883. The fourth-order valence-electron chi connectivity index (χ4n) is 2.33. The maximum Gasteiger partial charge on any atom is 0.125 e. The van der Waals surface area contributed by atoms with Crippen molar-refractivity contribution in [2.24, 2.45) is 0 Å². The van der Waals surface area contributed by atoms with Crippen LogP contribution in [0.5, 0.6) is 0 Å². The van der Waals surface area contributed by atoms with Gasteiger partial charge in [-0.25, -0.2) is 9.97 Å². The minimum Gasteiger partial charge on any atom is -0.373 e. The fraction of sp³-hybridized carbons (Fsp3) is 0.385. The maximum atomic E-state index is 4.38. The van der Waals surface area contributed by atoms with Crippen molar-refractivity contribution in [3.05, 3.63) is 42.1 Å². The largest absolute Gasteiger partial charge is 0.373 e. The van der Waals surface area contributed by atoms with Gasteiger partial charge in [0, 0.05) is 45.3 Å². The van der Waals surface area contributed by atoms with Crippen LogP contribution in [0.2, 0.25) is 0 Å². The van der Waals surface area contributed by atoms with Crippen molar-refractivity contribution in [2.45, 2.75) is 19.6 Å². The number of rotatable bonds is 3. The zero-order chi connectivity index (χ0) is 12.4. The van der Waals surface area contributed by atoms with E-state index in [9.17, 15) is 0 Å². The molecule has 0 radical (unpaired) electrons. The molecule has 2 aromatic heterocycles. The molecule has 18 heavy (non-hydrogen) atoms. The summed E-state index contributed by atoms with van der Waals surface area (Å²) in [4.78, 5) is 11.0. The third-order valence-corrected chi connectivity index (χ3v) is 3.31. The van der Waals surface area contributed by atoms with Crippen LogP contribution in [0.15, 0.2) is 30.7 Å². The summed E-state index contributed by atoms with van der Waals surface area (Å²) < 4.78 is 2.22. The molecule has 1 aliphatic heterocycles. The molecule has 5 nitrogen and oxygen atoms in total. The lowest BCUT2D eigenvalue weighted by Gasteiger charge is -2.27. The Morgan fingerprint density at radius 2 is 2.22 bits per heavy atom. The van der Waals surface area contributed by atoms with Gasteiger partial charge in [0.25, 0.3) is 0 Å². The van der Waals surface area contributed by atoms with Crippen LogP contribution in [0.1, 0.15) is 11.4 Å². The monoisotopic (exact) mass is 243 g/mol. The van der Waals surface area contributed by atoms with Crippen molar-refractivity contribution in [2.75, 3.05) is 18.9 Å². The minimum absolute atomic E-state index is 0.921. The smallest absolute Gasteiger partial charge is 0.125 e. The van der Waals surface area contributed by atoms with Gasteiger partial charge in [0.05, 0.1) is 6.54 Å². The average molecular weight is 243 g/mol. The second-order valence-corrected chi connectivity index (χ2v) is 4.55. The van der Waals surface area contributed by atoms with Gasteiger partial charge in [-0.3, -0.25) is 4.90 Å². The highest BCUT2D eigenvalue weighted by Gasteiger charge is 2.16. The molecule has 0 amide bonds. The number of hydrogen-bond acceptors (Lipinski definition) is 4. The number of hydrogen-bond donors (Lipinski definition) is 1. The van der Waals surface area contributed by atoms with E-state index in [0.717, 1.165) is 37.8 Å². The molecule has 1 aliphatic rings. The Hall–Kier alpha value is -1.88. The van der Waals surface area contributed by atoms with E-state index in [1.165, 1.54) is 5.56 Å². The van der Waals surface area contributed by atoms with Gasteiger partial charge in [0.1, 0.15) is 11.6 Å². The van der Waals surface area contributed by atoms with Crippen LogP contribution in [0, 0.1) is 0 Å². The second-order valence-electron chi connectivity index (χ2n) is 4.55. The Labute approximate surface area is 106 Å². The highest BCUT2D eigenvalue weighted by molar-refractivity contribution is 5.36. The van der Waals surface area contributed by atoms with E-state index < -0.39 is 0 Å². The van der Waals surface area contributed by atoms with Crippen LogP contribution < -0.4 is 5.32 Å². The lowest BCUT2D eigenvalue weighted by atomic mass is 10.2. The van der Waals surface area contributed by atoms with Crippen LogP contribution in [0.4, 0.5) is 5.82 Å². The predicted molar refractivity (Wildman–Crippen MR) is 70.1 cm³/mol. The van der Waals surface area contributed by atoms with E-state index in [2.05, 4.69) is 43.1 Å². The summed E-state index contributed by atoms with van der Waals surface area (Å²) >= 11 is 0. The van der Waals surface area contributed by atoms with E-state index in [1.807, 2.05) is 19.4 Å². The van der Waals surface area contributed by atoms with Gasteiger partial charge in [0.15, 0.2) is 0 Å². The lowest BCUT2D eigenvalue weighted by Crippen LogP contribution is -2.33. The van der Waals surface area contributed by atoms with Gasteiger partial charge in [-0.2, -0.15) is 0 Å². The molecular formula is C13H17N5. The molecule has 0 saturated carbocycles. The molecule has 1 N–H and O–H groups in total. The van der Waals surface area contributed by atoms with Crippen LogP contribution in [-0.4, -0.2) is 33.0 Å². The fourth-order valence-corrected chi connectivity index (χ4v) is 2.33. The highest BCUT2D eigenvalue weighted by atomic mass is 15.2. The molecule has 94 valence electrons. The Morgan fingerprint density at radius 1 is 1.28 bits per heavy atom. The summed E-state index contributed by atoms with van der Waals surface area (Å²) in [5.41, 5.74) is 1.29. The van der Waals surface area contributed by atoms with Gasteiger partial charge in [-0.15, -0.1) is 0 Å². The lowest BCUT2D eigenvalue weighted by molar-refractivity contribution is 0.209. The van der Waals surface area contributed by atoms with Gasteiger partial charge >= 0.3 is 0 Å². The van der Waals surface area contributed by atoms with Crippen molar-refractivity contribution >= 4 is 5.82 Å². The Balaban J connectivity index is 1.70. The zero-order valence-corrected chi connectivity index (χ0v) is 10.5. The number of nitrogens with one attached hydrogen (secondary N) is 1. The zero-order valence-electron chi connectivity index (χ0n) is 10.5. The second kappa shape index (κ2) is 4.78. The highest BCUT2D eigenvalue weighted by Crippen LogP contribution is 2.15. The van der Waals surface area contributed by atoms with Crippen LogP contribution in [0.3, 0.4) is 0 Å². The normalized spacial score (nSPS) is 15.4. The molecule has 2 aromatic rings. The minimum atomic E-state index is 0.921. The van der Waals surface area contributed by atoms with E-state index >= 15 is 0 Å². The summed E-state index contributed by atoms with van der Waals surface area (Å²) in [6.45, 7) is 3.97. The molecule has 0 saturated heterocycles. The van der Waals surface area contributed by atoms with Gasteiger partial charge < -0.3 is 9.88 Å². The van der Waals surface area contributed by atoms with Crippen LogP contribution >= 0.6 is 0 Å². The first kappa shape index (κ1) is 11.2. The summed E-state index contributed by atoms with van der Waals surface area (Å²) in [6.07, 6.45) is 5.79. The summed E-state index contributed by atoms with van der Waals surface area (Å²) in [6, 6.07) is 4.17. The standard InChI is InChI=1S/C13H17N5/c1-14-12-8-11(2-3-15-12)9-17-6-7-18-5-4-16-13(18)10-17/h2-5,8H,6-7,9-10H2,1H3,(H,14,15). The van der Waals surface area contributed by atoms with Gasteiger partial charge in [0.2, 0.25) is 0 Å². The molecule has 5 heteroatoms. The number of aromatic nitrogens is 3. The predicted octanol–water partition coefficient (Wildman–Crippen LogP) is 1.34. The molecule has 3 heterocycles. The van der Waals surface area contributed by atoms with Crippen LogP contribution in [-0.2, 0) is 19.6 Å². The third-order valence-electron chi connectivity index (χ3n) is 3.31. The van der Waals surface area contributed by atoms with Crippen molar-refractivity contribution < 1.29 is 0 Å². The molecule has 0 bridgehead atoms. The van der Waals surface area contributed by atoms with E-state index in [0.29, 0.717) is 0 Å². The molecular weight excluding hydrogens is 226 g/mol. The van der Waals surface area contributed by atoms with E-state index in [4.69, 9.17) is 0 Å². The molecule has 0 spiro atoms. The first-order chi connectivity index (χ1) is 8.85. The number of pyridine rings is 1. The van der Waals surface area contributed by atoms with Gasteiger partial charge in [-0.05, 0) is 17.7 Å². The number of fused-ring (bicyclic) bond motifs is 1. The average Bonchev–Trinajstić information content (AvgIpc) is 2.86. The number of anilines is 1. The molecule has 0 unspecified atom stereocenters. The Morgan fingerprint density at radius 3 is 3.11 bits per heavy atom. The van der Waals surface area contributed by atoms with Crippen molar-refractivity contribution in [3.63, 3.8) is 0 Å². The molecule has 0 aliphatic carbocycles. The first-order valence-corrected chi connectivity index (χ1v) is 6.20. The van der Waals surface area contributed by atoms with Crippen molar-refractivity contribution in [3.8, 4) is 0 Å². The third kappa shape index (κ3) is 2.22. The maximum absolute atomic E-state index is 4.38. The number of imidazole rings is 1. The Kier molecular flexibility index (Phi) is 2.98. The van der Waals surface area contributed by atoms with Crippen molar-refractivity contribution in [1.29, 1.82) is 0 Å². The topological polar surface area (TPSA) is 46.0 Å². The number of nitrogens with zero attached hydrogens (tertiary/aromatic N) is 4.